The van der Waals surface area contributed by atoms with Crippen LogP contribution in [-0.2, 0) is 20.2 Å². The molecule has 0 aromatic heterocycles. The SMILES string of the molecule is CCCCN=C1C=CC(=C(c2ccc(NCCCC)c(C)c2)c2cccc(S(=O)(=O)O)c2S(=O)(=O)O)C=C1C. The Labute approximate surface area is 231 Å². The molecule has 1 aliphatic rings. The smallest absolute Gasteiger partial charge is 0.296 e. The highest BCUT2D eigenvalue weighted by molar-refractivity contribution is 7.89. The van der Waals surface area contributed by atoms with Gasteiger partial charge in [0.1, 0.15) is 9.79 Å². The van der Waals surface area contributed by atoms with Gasteiger partial charge in [-0.1, -0.05) is 51.0 Å². The van der Waals surface area contributed by atoms with E-state index >= 15 is 0 Å². The minimum absolute atomic E-state index is 0.0474. The highest BCUT2D eigenvalue weighted by Crippen LogP contribution is 2.38. The highest BCUT2D eigenvalue weighted by atomic mass is 32.2. The molecule has 0 spiro atoms. The van der Waals surface area contributed by atoms with E-state index in [0.29, 0.717) is 23.3 Å². The Morgan fingerprint density at radius 2 is 1.64 bits per heavy atom. The van der Waals surface area contributed by atoms with Gasteiger partial charge >= 0.3 is 0 Å². The number of aliphatic imine (C=N–C) groups is 1. The normalized spacial score (nSPS) is 16.4. The molecular weight excluding hydrogens is 536 g/mol. The summed E-state index contributed by atoms with van der Waals surface area (Å²) in [6.45, 7) is 9.51. The van der Waals surface area contributed by atoms with Crippen LogP contribution in [0.5, 0.6) is 0 Å². The monoisotopic (exact) mass is 572 g/mol. The number of benzene rings is 2. The zero-order chi connectivity index (χ0) is 28.8. The van der Waals surface area contributed by atoms with Crippen LogP contribution in [-0.4, -0.2) is 44.7 Å². The quantitative estimate of drug-likeness (QED) is 0.214. The van der Waals surface area contributed by atoms with Crippen LogP contribution in [0.15, 0.2) is 80.6 Å². The topological polar surface area (TPSA) is 133 Å². The zero-order valence-electron chi connectivity index (χ0n) is 22.7. The van der Waals surface area contributed by atoms with E-state index in [1.807, 2.05) is 44.2 Å². The number of nitrogens with one attached hydrogen (secondary N) is 1. The first kappa shape index (κ1) is 30.5. The predicted molar refractivity (Wildman–Crippen MR) is 157 cm³/mol. The van der Waals surface area contributed by atoms with Gasteiger partial charge in [0.15, 0.2) is 0 Å². The van der Waals surface area contributed by atoms with Crippen molar-refractivity contribution in [1.29, 1.82) is 0 Å². The highest BCUT2D eigenvalue weighted by Gasteiger charge is 2.30. The lowest BCUT2D eigenvalue weighted by molar-refractivity contribution is 0.466. The molecule has 0 unspecified atom stereocenters. The van der Waals surface area contributed by atoms with Crippen LogP contribution in [0.1, 0.15) is 63.1 Å². The number of anilines is 1. The van der Waals surface area contributed by atoms with Crippen molar-refractivity contribution < 1.29 is 25.9 Å². The van der Waals surface area contributed by atoms with E-state index in [1.54, 1.807) is 6.08 Å². The number of allylic oxidation sites excluding steroid dienone is 5. The van der Waals surface area contributed by atoms with Crippen molar-refractivity contribution >= 4 is 37.2 Å². The summed E-state index contributed by atoms with van der Waals surface area (Å²) in [5, 5.41) is 3.40. The third kappa shape index (κ3) is 7.54. The molecule has 2 aromatic rings. The van der Waals surface area contributed by atoms with Crippen LogP contribution < -0.4 is 5.32 Å². The Balaban J connectivity index is 2.33. The molecule has 3 rings (SSSR count). The number of hydrogen-bond acceptors (Lipinski definition) is 6. The summed E-state index contributed by atoms with van der Waals surface area (Å²) < 4.78 is 69.4. The van der Waals surface area contributed by atoms with Gasteiger partial charge < -0.3 is 5.32 Å². The van der Waals surface area contributed by atoms with Crippen molar-refractivity contribution in [1.82, 2.24) is 0 Å². The second-order valence-electron chi connectivity index (χ2n) is 9.50. The van der Waals surface area contributed by atoms with Crippen molar-refractivity contribution in [2.24, 2.45) is 4.99 Å². The molecule has 0 fully saturated rings. The molecule has 0 radical (unpaired) electrons. The van der Waals surface area contributed by atoms with Gasteiger partial charge in [-0.2, -0.15) is 16.8 Å². The van der Waals surface area contributed by atoms with E-state index in [0.717, 1.165) is 60.8 Å². The Morgan fingerprint density at radius 3 is 2.23 bits per heavy atom. The fourth-order valence-corrected chi connectivity index (χ4v) is 6.42. The summed E-state index contributed by atoms with van der Waals surface area (Å²) in [7, 11) is -10.0. The largest absolute Gasteiger partial charge is 0.385 e. The average Bonchev–Trinajstić information content (AvgIpc) is 2.85. The van der Waals surface area contributed by atoms with E-state index < -0.39 is 30.0 Å². The molecule has 0 atom stereocenters. The lowest BCUT2D eigenvalue weighted by atomic mass is 9.88. The van der Waals surface area contributed by atoms with Gasteiger partial charge in [-0.15, -0.1) is 0 Å². The molecule has 39 heavy (non-hydrogen) atoms. The summed E-state index contributed by atoms with van der Waals surface area (Å²) in [6.07, 6.45) is 9.52. The average molecular weight is 573 g/mol. The maximum atomic E-state index is 12.6. The summed E-state index contributed by atoms with van der Waals surface area (Å²) in [4.78, 5) is 2.87. The molecule has 210 valence electrons. The first-order valence-electron chi connectivity index (χ1n) is 13.0. The number of rotatable bonds is 11. The minimum Gasteiger partial charge on any atom is -0.385 e. The second-order valence-corrected chi connectivity index (χ2v) is 12.3. The van der Waals surface area contributed by atoms with Gasteiger partial charge in [-0.3, -0.25) is 14.1 Å². The van der Waals surface area contributed by atoms with E-state index in [1.165, 1.54) is 12.1 Å². The van der Waals surface area contributed by atoms with Crippen molar-refractivity contribution in [3.63, 3.8) is 0 Å². The molecular formula is C29H36N2O6S2. The van der Waals surface area contributed by atoms with E-state index in [2.05, 4.69) is 24.2 Å². The lowest BCUT2D eigenvalue weighted by Crippen LogP contribution is -2.13. The molecule has 0 amide bonds. The third-order valence-corrected chi connectivity index (χ3v) is 8.41. The standard InChI is InChI=1S/C29H36N2O6S2/c1-5-7-16-30-25-14-12-22(18-20(25)3)28(23-13-15-26(21(4)19-23)31-17-8-6-2)24-10-9-11-27(38(32,33)34)29(24)39(35,36)37/h9-15,18-19,30H,5-8,16-17H2,1-4H3,(H,32,33,34)(H,35,36,37). The van der Waals surface area contributed by atoms with Crippen LogP contribution in [0.2, 0.25) is 0 Å². The molecule has 1 aliphatic carbocycles. The molecule has 0 saturated carbocycles. The van der Waals surface area contributed by atoms with Crippen molar-refractivity contribution in [2.45, 2.75) is 63.2 Å². The zero-order valence-corrected chi connectivity index (χ0v) is 24.4. The Bertz CT molecular complexity index is 1570. The molecule has 0 bridgehead atoms. The second kappa shape index (κ2) is 12.9. The maximum absolute atomic E-state index is 12.6. The Morgan fingerprint density at radius 1 is 0.923 bits per heavy atom. The molecule has 8 nitrogen and oxygen atoms in total. The summed E-state index contributed by atoms with van der Waals surface area (Å²) in [6, 6.07) is 9.30. The fraction of sp³-hybridized carbons (Fsp3) is 0.345. The van der Waals surface area contributed by atoms with Crippen LogP contribution in [0, 0.1) is 6.92 Å². The van der Waals surface area contributed by atoms with Crippen LogP contribution >= 0.6 is 0 Å². The first-order valence-corrected chi connectivity index (χ1v) is 15.8. The van der Waals surface area contributed by atoms with Gasteiger partial charge in [0.2, 0.25) is 0 Å². The van der Waals surface area contributed by atoms with Crippen LogP contribution in [0.25, 0.3) is 5.57 Å². The van der Waals surface area contributed by atoms with Crippen molar-refractivity contribution in [3.05, 3.63) is 82.5 Å². The van der Waals surface area contributed by atoms with Crippen molar-refractivity contribution in [3.8, 4) is 0 Å². The third-order valence-electron chi connectivity index (χ3n) is 6.42. The van der Waals surface area contributed by atoms with Crippen molar-refractivity contribution in [2.75, 3.05) is 18.4 Å². The minimum atomic E-state index is -5.07. The van der Waals surface area contributed by atoms with Crippen LogP contribution in [0.3, 0.4) is 0 Å². The fourth-order valence-electron chi connectivity index (χ4n) is 4.42. The molecule has 0 aliphatic heterocycles. The Kier molecular flexibility index (Phi) is 10.1. The van der Waals surface area contributed by atoms with E-state index in [-0.39, 0.29) is 5.56 Å². The van der Waals surface area contributed by atoms with Gasteiger partial charge in [0.25, 0.3) is 20.2 Å². The molecule has 0 heterocycles. The van der Waals surface area contributed by atoms with Gasteiger partial charge in [-0.25, -0.2) is 0 Å². The first-order chi connectivity index (χ1) is 18.4. The summed E-state index contributed by atoms with van der Waals surface area (Å²) in [5.41, 5.74) is 5.05. The summed E-state index contributed by atoms with van der Waals surface area (Å²) >= 11 is 0. The van der Waals surface area contributed by atoms with Crippen LogP contribution in [0.4, 0.5) is 5.69 Å². The number of hydrogen-bond donors (Lipinski definition) is 3. The molecule has 3 N–H and O–H groups in total. The maximum Gasteiger partial charge on any atom is 0.296 e. The number of aryl methyl sites for hydroxylation is 1. The number of unbranched alkanes of at least 4 members (excludes halogenated alkanes) is 2. The molecule has 2 aromatic carbocycles. The van der Waals surface area contributed by atoms with Gasteiger partial charge in [0, 0.05) is 24.3 Å². The van der Waals surface area contributed by atoms with E-state index in [9.17, 15) is 25.9 Å². The predicted octanol–water partition coefficient (Wildman–Crippen LogP) is 6.26. The number of nitrogens with zero attached hydrogens (tertiary/aromatic N) is 1. The molecule has 10 heteroatoms. The Hall–Kier alpha value is -3.05. The summed E-state index contributed by atoms with van der Waals surface area (Å²) in [5.74, 6) is 0. The van der Waals surface area contributed by atoms with E-state index in [4.69, 9.17) is 0 Å². The van der Waals surface area contributed by atoms with Gasteiger partial charge in [-0.05, 0) is 84.9 Å². The van der Waals surface area contributed by atoms with Gasteiger partial charge in [0.05, 0.1) is 5.71 Å². The lowest BCUT2D eigenvalue weighted by Gasteiger charge is -2.20. The molecule has 0 saturated heterocycles.